The molecule has 0 saturated carbocycles. The van der Waals surface area contributed by atoms with Crippen molar-refractivity contribution < 1.29 is 14.4 Å². The van der Waals surface area contributed by atoms with Crippen molar-refractivity contribution >= 4 is 29.1 Å². The molecule has 3 aromatic rings. The number of hydrogen-bond acceptors (Lipinski definition) is 3. The molecule has 0 spiro atoms. The summed E-state index contributed by atoms with van der Waals surface area (Å²) in [4.78, 5) is 43.4. The van der Waals surface area contributed by atoms with E-state index in [1.54, 1.807) is 9.80 Å². The molecule has 2 atom stereocenters. The van der Waals surface area contributed by atoms with Crippen LogP contribution in [0.15, 0.2) is 78.9 Å². The van der Waals surface area contributed by atoms with Gasteiger partial charge in [0.25, 0.3) is 5.91 Å². The zero-order valence-corrected chi connectivity index (χ0v) is 19.8. The van der Waals surface area contributed by atoms with Gasteiger partial charge in [0.15, 0.2) is 0 Å². The molecular weight excluding hydrogens is 438 g/mol. The van der Waals surface area contributed by atoms with Crippen LogP contribution in [-0.4, -0.2) is 30.8 Å². The van der Waals surface area contributed by atoms with Gasteiger partial charge in [-0.15, -0.1) is 0 Å². The van der Waals surface area contributed by atoms with Crippen LogP contribution in [0, 0.1) is 12.8 Å². The number of carbonyl (C=O) groups excluding carboxylic acids is 3. The summed E-state index contributed by atoms with van der Waals surface area (Å²) in [5, 5.41) is 3.00. The molecule has 1 fully saturated rings. The SMILES string of the molecule is Cc1ccc(N2C[C@@H](C(=O)N[C@@H](C(=O)N3CCCc4ccccc43)c3ccccc3)CC2=O)cc1. The Hall–Kier alpha value is -3.93. The van der Waals surface area contributed by atoms with E-state index in [0.29, 0.717) is 13.1 Å². The number of amides is 3. The monoisotopic (exact) mass is 467 g/mol. The first kappa shape index (κ1) is 22.8. The second kappa shape index (κ2) is 9.74. The van der Waals surface area contributed by atoms with Crippen LogP contribution < -0.4 is 15.1 Å². The average Bonchev–Trinajstić information content (AvgIpc) is 3.29. The van der Waals surface area contributed by atoms with Gasteiger partial charge < -0.3 is 15.1 Å². The zero-order valence-electron chi connectivity index (χ0n) is 19.8. The number of rotatable bonds is 5. The van der Waals surface area contributed by atoms with Crippen LogP contribution in [0.2, 0.25) is 0 Å². The third-order valence-electron chi connectivity index (χ3n) is 6.88. The fourth-order valence-corrected chi connectivity index (χ4v) is 4.97. The van der Waals surface area contributed by atoms with Gasteiger partial charge in [-0.25, -0.2) is 0 Å². The lowest BCUT2D eigenvalue weighted by Crippen LogP contribution is -2.46. The van der Waals surface area contributed by atoms with Crippen LogP contribution >= 0.6 is 0 Å². The highest BCUT2D eigenvalue weighted by Crippen LogP contribution is 2.31. The van der Waals surface area contributed by atoms with Gasteiger partial charge in [0.05, 0.1) is 5.92 Å². The van der Waals surface area contributed by atoms with Gasteiger partial charge in [-0.3, -0.25) is 14.4 Å². The van der Waals surface area contributed by atoms with E-state index in [-0.39, 0.29) is 24.1 Å². The predicted molar refractivity (Wildman–Crippen MR) is 136 cm³/mol. The number of aryl methyl sites for hydroxylation is 2. The van der Waals surface area contributed by atoms with E-state index < -0.39 is 12.0 Å². The first-order valence-corrected chi connectivity index (χ1v) is 12.1. The molecule has 5 rings (SSSR count). The van der Waals surface area contributed by atoms with E-state index >= 15 is 0 Å². The summed E-state index contributed by atoms with van der Waals surface area (Å²) < 4.78 is 0. The van der Waals surface area contributed by atoms with E-state index in [2.05, 4.69) is 11.4 Å². The van der Waals surface area contributed by atoms with E-state index in [4.69, 9.17) is 0 Å². The molecular formula is C29H29N3O3. The quantitative estimate of drug-likeness (QED) is 0.612. The molecule has 1 N–H and O–H groups in total. The van der Waals surface area contributed by atoms with Crippen molar-refractivity contribution in [1.29, 1.82) is 0 Å². The van der Waals surface area contributed by atoms with Crippen LogP contribution in [0.4, 0.5) is 11.4 Å². The molecule has 0 aromatic heterocycles. The van der Waals surface area contributed by atoms with Crippen LogP contribution in [0.3, 0.4) is 0 Å². The maximum atomic E-state index is 13.8. The van der Waals surface area contributed by atoms with Crippen molar-refractivity contribution in [2.75, 3.05) is 22.9 Å². The van der Waals surface area contributed by atoms with Gasteiger partial charge >= 0.3 is 0 Å². The number of nitrogens with one attached hydrogen (secondary N) is 1. The smallest absolute Gasteiger partial charge is 0.254 e. The average molecular weight is 468 g/mol. The van der Waals surface area contributed by atoms with Gasteiger partial charge in [0, 0.05) is 30.9 Å². The summed E-state index contributed by atoms with van der Waals surface area (Å²) in [7, 11) is 0. The molecule has 0 radical (unpaired) electrons. The fourth-order valence-electron chi connectivity index (χ4n) is 4.97. The molecule has 35 heavy (non-hydrogen) atoms. The third kappa shape index (κ3) is 4.69. The Morgan fingerprint density at radius 3 is 2.43 bits per heavy atom. The van der Waals surface area contributed by atoms with E-state index in [9.17, 15) is 14.4 Å². The Labute approximate surface area is 205 Å². The highest BCUT2D eigenvalue weighted by atomic mass is 16.2. The van der Waals surface area contributed by atoms with E-state index in [0.717, 1.165) is 40.9 Å². The minimum atomic E-state index is -0.821. The third-order valence-corrected chi connectivity index (χ3v) is 6.88. The maximum Gasteiger partial charge on any atom is 0.254 e. The van der Waals surface area contributed by atoms with Crippen molar-refractivity contribution in [3.63, 3.8) is 0 Å². The second-order valence-corrected chi connectivity index (χ2v) is 9.32. The predicted octanol–water partition coefficient (Wildman–Crippen LogP) is 4.18. The van der Waals surface area contributed by atoms with Crippen LogP contribution in [0.25, 0.3) is 0 Å². The van der Waals surface area contributed by atoms with Gasteiger partial charge in [0.1, 0.15) is 6.04 Å². The molecule has 0 bridgehead atoms. The standard InChI is InChI=1S/C29H29N3O3/c1-20-13-15-24(16-14-20)32-19-23(18-26(32)33)28(34)30-27(22-9-3-2-4-10-22)29(35)31-17-7-11-21-8-5-6-12-25(21)31/h2-6,8-10,12-16,23,27H,7,11,17-19H2,1H3,(H,30,34)/t23-,27+/m0/s1. The molecule has 3 aromatic carbocycles. The minimum absolute atomic E-state index is 0.0819. The normalized spacial score (nSPS) is 18.2. The van der Waals surface area contributed by atoms with E-state index in [1.807, 2.05) is 79.7 Å². The minimum Gasteiger partial charge on any atom is -0.340 e. The summed E-state index contributed by atoms with van der Waals surface area (Å²) in [6.07, 6.45) is 1.93. The Balaban J connectivity index is 1.37. The first-order chi connectivity index (χ1) is 17.0. The lowest BCUT2D eigenvalue weighted by atomic mass is 9.98. The Kier molecular flexibility index (Phi) is 6.36. The Morgan fingerprint density at radius 1 is 0.943 bits per heavy atom. The van der Waals surface area contributed by atoms with Crippen molar-refractivity contribution in [2.24, 2.45) is 5.92 Å². The van der Waals surface area contributed by atoms with Gasteiger partial charge in [-0.05, 0) is 49.1 Å². The molecule has 178 valence electrons. The van der Waals surface area contributed by atoms with Crippen molar-refractivity contribution in [3.05, 3.63) is 95.6 Å². The highest BCUT2D eigenvalue weighted by Gasteiger charge is 2.38. The molecule has 6 nitrogen and oxygen atoms in total. The Bertz CT molecular complexity index is 1240. The first-order valence-electron chi connectivity index (χ1n) is 12.1. The molecule has 6 heteroatoms. The lowest BCUT2D eigenvalue weighted by molar-refractivity contribution is -0.130. The van der Waals surface area contributed by atoms with Crippen LogP contribution in [0.1, 0.15) is 35.6 Å². The molecule has 1 saturated heterocycles. The summed E-state index contributed by atoms with van der Waals surface area (Å²) in [5.74, 6) is -1.03. The van der Waals surface area contributed by atoms with Gasteiger partial charge in [-0.1, -0.05) is 66.2 Å². The summed E-state index contributed by atoms with van der Waals surface area (Å²) in [6.45, 7) is 2.90. The summed E-state index contributed by atoms with van der Waals surface area (Å²) in [6, 6.07) is 24.2. The summed E-state index contributed by atoms with van der Waals surface area (Å²) >= 11 is 0. The number of benzene rings is 3. The molecule has 0 unspecified atom stereocenters. The van der Waals surface area contributed by atoms with Crippen LogP contribution in [-0.2, 0) is 20.8 Å². The molecule has 2 aliphatic rings. The van der Waals surface area contributed by atoms with E-state index in [1.165, 1.54) is 0 Å². The number of anilines is 2. The number of fused-ring (bicyclic) bond motifs is 1. The van der Waals surface area contributed by atoms with Crippen molar-refractivity contribution in [1.82, 2.24) is 5.32 Å². The molecule has 2 aliphatic heterocycles. The maximum absolute atomic E-state index is 13.8. The topological polar surface area (TPSA) is 69.7 Å². The number of nitrogens with zero attached hydrogens (tertiary/aromatic N) is 2. The molecule has 3 amide bonds. The van der Waals surface area contributed by atoms with Gasteiger partial charge in [0.2, 0.25) is 11.8 Å². The largest absolute Gasteiger partial charge is 0.340 e. The molecule has 0 aliphatic carbocycles. The number of carbonyl (C=O) groups is 3. The fraction of sp³-hybridized carbons (Fsp3) is 0.276. The zero-order chi connectivity index (χ0) is 24.4. The second-order valence-electron chi connectivity index (χ2n) is 9.32. The summed E-state index contributed by atoms with van der Waals surface area (Å²) in [5.41, 5.74) is 4.67. The number of hydrogen-bond donors (Lipinski definition) is 1. The Morgan fingerprint density at radius 2 is 1.66 bits per heavy atom. The van der Waals surface area contributed by atoms with Crippen LogP contribution in [0.5, 0.6) is 0 Å². The van der Waals surface area contributed by atoms with Crippen molar-refractivity contribution in [3.8, 4) is 0 Å². The molecule has 2 heterocycles. The highest BCUT2D eigenvalue weighted by molar-refractivity contribution is 6.03. The van der Waals surface area contributed by atoms with Gasteiger partial charge in [-0.2, -0.15) is 0 Å². The van der Waals surface area contributed by atoms with Crippen molar-refractivity contribution in [2.45, 2.75) is 32.2 Å². The number of para-hydroxylation sites is 1. The lowest BCUT2D eigenvalue weighted by Gasteiger charge is -2.33.